The van der Waals surface area contributed by atoms with Crippen LogP contribution in [0.5, 0.6) is 5.75 Å². The molecule has 2 rings (SSSR count). The molecular formula is C17H22BrF3N2O3. The second-order valence-electron chi connectivity index (χ2n) is 7.17. The molecule has 1 heterocycles. The van der Waals surface area contributed by atoms with Gasteiger partial charge in [-0.1, -0.05) is 15.9 Å². The first-order valence-corrected chi connectivity index (χ1v) is 8.96. The largest absolute Gasteiger partial charge is 0.573 e. The molecule has 0 saturated carbocycles. The number of likely N-dealkylation sites (tertiary alicyclic amines) is 1. The lowest BCUT2D eigenvalue weighted by Gasteiger charge is -2.22. The van der Waals surface area contributed by atoms with Crippen LogP contribution in [0.25, 0.3) is 0 Å². The summed E-state index contributed by atoms with van der Waals surface area (Å²) >= 11 is 3.27. The highest BCUT2D eigenvalue weighted by atomic mass is 79.9. The quantitative estimate of drug-likeness (QED) is 0.754. The summed E-state index contributed by atoms with van der Waals surface area (Å²) in [5.41, 5.74) is -0.155. The molecule has 9 heteroatoms. The molecule has 1 aliphatic rings. The molecule has 26 heavy (non-hydrogen) atoms. The molecule has 1 fully saturated rings. The van der Waals surface area contributed by atoms with E-state index in [-0.39, 0.29) is 18.3 Å². The number of halogens is 4. The molecule has 0 aromatic heterocycles. The highest BCUT2D eigenvalue weighted by molar-refractivity contribution is 9.10. The van der Waals surface area contributed by atoms with Crippen molar-refractivity contribution >= 4 is 22.0 Å². The van der Waals surface area contributed by atoms with Crippen LogP contribution in [-0.4, -0.2) is 42.1 Å². The lowest BCUT2D eigenvalue weighted by atomic mass is 10.2. The van der Waals surface area contributed by atoms with Crippen molar-refractivity contribution in [3.05, 3.63) is 28.2 Å². The number of carbonyl (C=O) groups excluding carboxylic acids is 1. The van der Waals surface area contributed by atoms with Crippen molar-refractivity contribution in [1.29, 1.82) is 0 Å². The summed E-state index contributed by atoms with van der Waals surface area (Å²) in [5.74, 6) is -0.218. The first kappa shape index (κ1) is 20.8. The van der Waals surface area contributed by atoms with Crippen molar-refractivity contribution < 1.29 is 27.4 Å². The highest BCUT2D eigenvalue weighted by Crippen LogP contribution is 2.30. The van der Waals surface area contributed by atoms with E-state index in [2.05, 4.69) is 26.0 Å². The molecular weight excluding hydrogens is 417 g/mol. The summed E-state index contributed by atoms with van der Waals surface area (Å²) in [4.78, 5) is 13.8. The minimum Gasteiger partial charge on any atom is -0.444 e. The number of nitrogens with one attached hydrogen (secondary N) is 1. The second kappa shape index (κ2) is 8.04. The number of nitrogens with zero attached hydrogens (tertiary/aromatic N) is 1. The van der Waals surface area contributed by atoms with Crippen molar-refractivity contribution in [3.8, 4) is 5.75 Å². The van der Waals surface area contributed by atoms with Gasteiger partial charge in [0.15, 0.2) is 0 Å². The Kier molecular flexibility index (Phi) is 6.44. The maximum Gasteiger partial charge on any atom is 0.573 e. The van der Waals surface area contributed by atoms with Gasteiger partial charge in [0.1, 0.15) is 11.4 Å². The molecule has 0 aliphatic carbocycles. The third kappa shape index (κ3) is 7.03. The second-order valence-corrected chi connectivity index (χ2v) is 8.08. The Morgan fingerprint density at radius 3 is 2.65 bits per heavy atom. The van der Waals surface area contributed by atoms with E-state index in [4.69, 9.17) is 4.74 Å². The van der Waals surface area contributed by atoms with Gasteiger partial charge in [-0.2, -0.15) is 0 Å². The van der Waals surface area contributed by atoms with Crippen molar-refractivity contribution in [2.75, 3.05) is 13.1 Å². The van der Waals surface area contributed by atoms with Gasteiger partial charge in [0.05, 0.1) is 0 Å². The van der Waals surface area contributed by atoms with E-state index in [0.717, 1.165) is 0 Å². The number of benzene rings is 1. The molecule has 1 amide bonds. The van der Waals surface area contributed by atoms with Crippen LogP contribution in [-0.2, 0) is 11.3 Å². The predicted molar refractivity (Wildman–Crippen MR) is 93.9 cm³/mol. The van der Waals surface area contributed by atoms with Crippen molar-refractivity contribution in [2.24, 2.45) is 0 Å². The van der Waals surface area contributed by atoms with Crippen molar-refractivity contribution in [1.82, 2.24) is 10.2 Å². The zero-order valence-corrected chi connectivity index (χ0v) is 16.4. The van der Waals surface area contributed by atoms with E-state index in [0.29, 0.717) is 29.5 Å². The number of hydrogen-bond donors (Lipinski definition) is 1. The third-order valence-corrected chi connectivity index (χ3v) is 4.13. The lowest BCUT2D eigenvalue weighted by Crippen LogP contribution is -2.40. The van der Waals surface area contributed by atoms with Gasteiger partial charge in [-0.3, -0.25) is 4.90 Å². The van der Waals surface area contributed by atoms with Crippen LogP contribution in [0.3, 0.4) is 0 Å². The fourth-order valence-corrected chi connectivity index (χ4v) is 3.11. The van der Waals surface area contributed by atoms with E-state index < -0.39 is 18.1 Å². The maximum absolute atomic E-state index is 12.6. The number of carbonyl (C=O) groups is 1. The molecule has 5 nitrogen and oxygen atoms in total. The van der Waals surface area contributed by atoms with E-state index in [1.165, 1.54) is 12.1 Å². The van der Waals surface area contributed by atoms with Crippen LogP contribution in [0.4, 0.5) is 18.0 Å². The Labute approximate surface area is 159 Å². The van der Waals surface area contributed by atoms with Crippen LogP contribution in [0.1, 0.15) is 32.8 Å². The molecule has 146 valence electrons. The Balaban J connectivity index is 1.96. The van der Waals surface area contributed by atoms with Crippen molar-refractivity contribution in [2.45, 2.75) is 51.7 Å². The van der Waals surface area contributed by atoms with Gasteiger partial charge in [0, 0.05) is 35.7 Å². The minimum atomic E-state index is -4.74. The predicted octanol–water partition coefficient (Wildman–Crippen LogP) is 4.45. The SMILES string of the molecule is CC(C)(C)OC(=O)NC1CCN(Cc2cc(Br)ccc2OC(F)(F)F)C1. The minimum absolute atomic E-state index is 0.107. The molecule has 1 saturated heterocycles. The smallest absolute Gasteiger partial charge is 0.444 e. The number of alkyl carbamates (subject to hydrolysis) is 1. The summed E-state index contributed by atoms with van der Waals surface area (Å²) in [5, 5.41) is 2.79. The summed E-state index contributed by atoms with van der Waals surface area (Å²) in [7, 11) is 0. The number of amides is 1. The van der Waals surface area contributed by atoms with Crippen LogP contribution in [0.2, 0.25) is 0 Å². The average Bonchev–Trinajstić information content (AvgIpc) is 2.85. The number of ether oxygens (including phenoxy) is 2. The monoisotopic (exact) mass is 438 g/mol. The highest BCUT2D eigenvalue weighted by Gasteiger charge is 2.33. The lowest BCUT2D eigenvalue weighted by molar-refractivity contribution is -0.275. The summed E-state index contributed by atoms with van der Waals surface area (Å²) in [6.45, 7) is 6.81. The Hall–Kier alpha value is -1.48. The van der Waals surface area contributed by atoms with Crippen LogP contribution in [0.15, 0.2) is 22.7 Å². The van der Waals surface area contributed by atoms with Gasteiger partial charge in [-0.25, -0.2) is 4.79 Å². The van der Waals surface area contributed by atoms with E-state index >= 15 is 0 Å². The molecule has 1 N–H and O–H groups in total. The first-order chi connectivity index (χ1) is 11.9. The van der Waals surface area contributed by atoms with E-state index in [1.807, 2.05) is 4.90 Å². The van der Waals surface area contributed by atoms with Crippen LogP contribution in [0, 0.1) is 0 Å². The van der Waals surface area contributed by atoms with Gasteiger partial charge in [0.25, 0.3) is 0 Å². The zero-order chi connectivity index (χ0) is 19.5. The Morgan fingerprint density at radius 1 is 1.35 bits per heavy atom. The molecule has 1 unspecified atom stereocenters. The number of rotatable bonds is 4. The van der Waals surface area contributed by atoms with E-state index in [1.54, 1.807) is 26.8 Å². The Bertz CT molecular complexity index is 647. The maximum atomic E-state index is 12.6. The van der Waals surface area contributed by atoms with Crippen LogP contribution >= 0.6 is 15.9 Å². The molecule has 0 radical (unpaired) electrons. The first-order valence-electron chi connectivity index (χ1n) is 8.17. The summed E-state index contributed by atoms with van der Waals surface area (Å²) in [6, 6.07) is 4.29. The van der Waals surface area contributed by atoms with Gasteiger partial charge in [-0.05, 0) is 45.4 Å². The Morgan fingerprint density at radius 2 is 2.04 bits per heavy atom. The standard InChI is InChI=1S/C17H22BrF3N2O3/c1-16(2,3)26-15(24)22-13-6-7-23(10-13)9-11-8-12(18)4-5-14(11)25-17(19,20)21/h4-5,8,13H,6-7,9-10H2,1-3H3,(H,22,24). The number of alkyl halides is 3. The summed E-state index contributed by atoms with van der Waals surface area (Å²) in [6.07, 6.45) is -4.54. The third-order valence-electron chi connectivity index (χ3n) is 3.64. The molecule has 0 spiro atoms. The fourth-order valence-electron chi connectivity index (χ4n) is 2.71. The van der Waals surface area contributed by atoms with E-state index in [9.17, 15) is 18.0 Å². The molecule has 1 aromatic carbocycles. The zero-order valence-electron chi connectivity index (χ0n) is 14.8. The van der Waals surface area contributed by atoms with Gasteiger partial charge in [-0.15, -0.1) is 13.2 Å². The van der Waals surface area contributed by atoms with Gasteiger partial charge >= 0.3 is 12.5 Å². The molecule has 1 aromatic rings. The molecule has 1 aliphatic heterocycles. The van der Waals surface area contributed by atoms with Gasteiger partial charge < -0.3 is 14.8 Å². The topological polar surface area (TPSA) is 50.8 Å². The summed E-state index contributed by atoms with van der Waals surface area (Å²) < 4.78 is 47.7. The fraction of sp³-hybridized carbons (Fsp3) is 0.588. The van der Waals surface area contributed by atoms with Crippen molar-refractivity contribution in [3.63, 3.8) is 0 Å². The molecule has 1 atom stereocenters. The average molecular weight is 439 g/mol. The normalized spacial score (nSPS) is 18.7. The number of hydrogen-bond acceptors (Lipinski definition) is 4. The van der Waals surface area contributed by atoms with Crippen LogP contribution < -0.4 is 10.1 Å². The molecule has 0 bridgehead atoms. The van der Waals surface area contributed by atoms with Gasteiger partial charge in [0.2, 0.25) is 0 Å².